The van der Waals surface area contributed by atoms with Crippen molar-refractivity contribution in [1.29, 1.82) is 0 Å². The molecule has 1 aliphatic rings. The van der Waals surface area contributed by atoms with Crippen molar-refractivity contribution in [1.82, 2.24) is 10.2 Å². The number of likely N-dealkylation sites (tertiary alicyclic amines) is 1. The van der Waals surface area contributed by atoms with E-state index in [9.17, 15) is 4.79 Å². The largest absolute Gasteiger partial charge is 0.467 e. The Hall–Kier alpha value is -1.43. The van der Waals surface area contributed by atoms with Gasteiger partial charge in [-0.25, -0.2) is 0 Å². The molecule has 1 aromatic heterocycles. The topological polar surface area (TPSA) is 45.5 Å². The molecule has 1 amide bonds. The number of hydrogen-bond donors (Lipinski definition) is 1. The van der Waals surface area contributed by atoms with Gasteiger partial charge in [0, 0.05) is 4.90 Å². The van der Waals surface area contributed by atoms with Gasteiger partial charge in [-0.2, -0.15) is 0 Å². The van der Waals surface area contributed by atoms with E-state index in [0.717, 1.165) is 53.8 Å². The fourth-order valence-electron chi connectivity index (χ4n) is 3.11. The molecule has 1 atom stereocenters. The lowest BCUT2D eigenvalue weighted by molar-refractivity contribution is -0.125. The summed E-state index contributed by atoms with van der Waals surface area (Å²) in [6.45, 7) is 2.39. The number of nitrogens with zero attached hydrogens (tertiary/aromatic N) is 1. The molecule has 6 heteroatoms. The van der Waals surface area contributed by atoms with Gasteiger partial charge < -0.3 is 9.73 Å². The Balaban J connectivity index is 1.40. The molecule has 4 nitrogen and oxygen atoms in total. The molecule has 1 unspecified atom stereocenters. The minimum Gasteiger partial charge on any atom is -0.467 e. The number of furan rings is 1. The van der Waals surface area contributed by atoms with E-state index in [1.54, 1.807) is 18.0 Å². The van der Waals surface area contributed by atoms with E-state index in [-0.39, 0.29) is 11.9 Å². The molecule has 1 aromatic carbocycles. The van der Waals surface area contributed by atoms with Crippen LogP contribution in [0.25, 0.3) is 0 Å². The first-order valence-electron chi connectivity index (χ1n) is 8.65. The fraction of sp³-hybridized carbons (Fsp3) is 0.421. The minimum absolute atomic E-state index is 0.0136. The second-order valence-corrected chi connectivity index (χ2v) is 7.67. The molecule has 25 heavy (non-hydrogen) atoms. The Labute approximate surface area is 157 Å². The zero-order valence-electron chi connectivity index (χ0n) is 14.1. The summed E-state index contributed by atoms with van der Waals surface area (Å²) < 4.78 is 5.26. The van der Waals surface area contributed by atoms with Crippen molar-refractivity contribution in [2.45, 2.75) is 36.7 Å². The molecule has 0 bridgehead atoms. The zero-order valence-corrected chi connectivity index (χ0v) is 15.7. The molecular weight excluding hydrogens is 356 g/mol. The second-order valence-electron chi connectivity index (χ2n) is 6.12. The number of amides is 1. The highest BCUT2D eigenvalue weighted by Crippen LogP contribution is 2.27. The zero-order chi connectivity index (χ0) is 17.5. The van der Waals surface area contributed by atoms with E-state index in [4.69, 9.17) is 16.0 Å². The number of rotatable bonds is 8. The van der Waals surface area contributed by atoms with E-state index >= 15 is 0 Å². The lowest BCUT2D eigenvalue weighted by atomic mass is 10.2. The lowest BCUT2D eigenvalue weighted by Gasteiger charge is -2.23. The molecule has 1 saturated heterocycles. The lowest BCUT2D eigenvalue weighted by Crippen LogP contribution is -2.43. The van der Waals surface area contributed by atoms with Crippen LogP contribution < -0.4 is 5.32 Å². The van der Waals surface area contributed by atoms with Crippen molar-refractivity contribution >= 4 is 29.3 Å². The monoisotopic (exact) mass is 378 g/mol. The number of halogens is 1. The number of hydrogen-bond acceptors (Lipinski definition) is 4. The Bertz CT molecular complexity index is 678. The minimum atomic E-state index is -0.0136. The van der Waals surface area contributed by atoms with Gasteiger partial charge in [0.15, 0.2) is 0 Å². The van der Waals surface area contributed by atoms with Crippen molar-refractivity contribution in [3.8, 4) is 0 Å². The quantitative estimate of drug-likeness (QED) is 0.552. The molecule has 134 valence electrons. The van der Waals surface area contributed by atoms with Gasteiger partial charge in [-0.05, 0) is 62.4 Å². The molecule has 0 spiro atoms. The number of benzene rings is 1. The first-order valence-corrected chi connectivity index (χ1v) is 10.0. The first-order chi connectivity index (χ1) is 12.2. The van der Waals surface area contributed by atoms with E-state index in [0.29, 0.717) is 6.54 Å². The average molecular weight is 379 g/mol. The van der Waals surface area contributed by atoms with Gasteiger partial charge >= 0.3 is 0 Å². The Kier molecular flexibility index (Phi) is 6.84. The van der Waals surface area contributed by atoms with Gasteiger partial charge in [0.25, 0.3) is 0 Å². The number of nitrogens with one attached hydrogen (secondary N) is 1. The highest BCUT2D eigenvalue weighted by Gasteiger charge is 2.29. The number of thioether (sulfide) groups is 1. The maximum atomic E-state index is 12.4. The summed E-state index contributed by atoms with van der Waals surface area (Å²) in [4.78, 5) is 15.9. The van der Waals surface area contributed by atoms with Crippen LogP contribution in [0.4, 0.5) is 0 Å². The fourth-order valence-corrected chi connectivity index (χ4v) is 4.28. The molecular formula is C19H23ClN2O2S. The molecule has 1 N–H and O–H groups in total. The van der Waals surface area contributed by atoms with Crippen LogP contribution in [-0.2, 0) is 11.3 Å². The first kappa shape index (κ1) is 18.4. The molecule has 2 aromatic rings. The molecule has 3 rings (SSSR count). The Morgan fingerprint density at radius 3 is 3.00 bits per heavy atom. The summed E-state index contributed by atoms with van der Waals surface area (Å²) >= 11 is 7.96. The standard InChI is InChI=1S/C19H23ClN2O2S/c20-16-7-1-2-9-18(16)25-13-5-11-22-10-3-8-17(22)19(23)21-14-15-6-4-12-24-15/h1-2,4,6-7,9,12,17H,3,5,8,10-11,13-14H2,(H,21,23). The van der Waals surface area contributed by atoms with Gasteiger partial charge in [0.2, 0.25) is 5.91 Å². The molecule has 1 aliphatic heterocycles. The van der Waals surface area contributed by atoms with Crippen LogP contribution in [0.15, 0.2) is 52.0 Å². The van der Waals surface area contributed by atoms with Crippen LogP contribution >= 0.6 is 23.4 Å². The van der Waals surface area contributed by atoms with Crippen LogP contribution in [-0.4, -0.2) is 35.7 Å². The van der Waals surface area contributed by atoms with Gasteiger partial charge in [-0.3, -0.25) is 9.69 Å². The van der Waals surface area contributed by atoms with Gasteiger partial charge in [-0.1, -0.05) is 23.7 Å². The second kappa shape index (κ2) is 9.32. The summed E-state index contributed by atoms with van der Waals surface area (Å²) in [7, 11) is 0. The number of carbonyl (C=O) groups is 1. The van der Waals surface area contributed by atoms with Gasteiger partial charge in [0.05, 0.1) is 23.9 Å². The highest BCUT2D eigenvalue weighted by atomic mass is 35.5. The van der Waals surface area contributed by atoms with Crippen LogP contribution in [0.2, 0.25) is 5.02 Å². The average Bonchev–Trinajstić information content (AvgIpc) is 3.30. The van der Waals surface area contributed by atoms with E-state index in [1.807, 2.05) is 36.4 Å². The van der Waals surface area contributed by atoms with Crippen molar-refractivity contribution < 1.29 is 9.21 Å². The maximum Gasteiger partial charge on any atom is 0.237 e. The SMILES string of the molecule is O=C(NCc1ccco1)C1CCCN1CCCSc1ccccc1Cl. The molecule has 0 aliphatic carbocycles. The summed E-state index contributed by atoms with van der Waals surface area (Å²) in [5.74, 6) is 1.89. The molecule has 0 radical (unpaired) electrons. The maximum absolute atomic E-state index is 12.4. The summed E-state index contributed by atoms with van der Waals surface area (Å²) in [5, 5.41) is 3.79. The summed E-state index contributed by atoms with van der Waals surface area (Å²) in [6, 6.07) is 11.6. The van der Waals surface area contributed by atoms with E-state index < -0.39 is 0 Å². The van der Waals surface area contributed by atoms with E-state index in [1.165, 1.54) is 0 Å². The predicted molar refractivity (Wildman–Crippen MR) is 102 cm³/mol. The van der Waals surface area contributed by atoms with Gasteiger partial charge in [-0.15, -0.1) is 11.8 Å². The molecule has 2 heterocycles. The van der Waals surface area contributed by atoms with Gasteiger partial charge in [0.1, 0.15) is 5.76 Å². The van der Waals surface area contributed by atoms with Crippen LogP contribution in [0.1, 0.15) is 25.0 Å². The predicted octanol–water partition coefficient (Wildman–Crippen LogP) is 4.20. The van der Waals surface area contributed by atoms with Crippen molar-refractivity contribution in [3.05, 3.63) is 53.4 Å². The van der Waals surface area contributed by atoms with Crippen molar-refractivity contribution in [2.24, 2.45) is 0 Å². The third kappa shape index (κ3) is 5.27. The Morgan fingerprint density at radius 1 is 1.32 bits per heavy atom. The van der Waals surface area contributed by atoms with Crippen LogP contribution in [0, 0.1) is 0 Å². The molecule has 0 saturated carbocycles. The van der Waals surface area contributed by atoms with E-state index in [2.05, 4.69) is 10.2 Å². The van der Waals surface area contributed by atoms with Crippen LogP contribution in [0.5, 0.6) is 0 Å². The van der Waals surface area contributed by atoms with Crippen molar-refractivity contribution in [3.63, 3.8) is 0 Å². The smallest absolute Gasteiger partial charge is 0.237 e. The number of carbonyl (C=O) groups excluding carboxylic acids is 1. The van der Waals surface area contributed by atoms with Crippen LogP contribution in [0.3, 0.4) is 0 Å². The third-order valence-corrected chi connectivity index (χ3v) is 5.97. The Morgan fingerprint density at radius 2 is 2.20 bits per heavy atom. The summed E-state index contributed by atoms with van der Waals surface area (Å²) in [5.41, 5.74) is 0. The molecule has 1 fully saturated rings. The third-order valence-electron chi connectivity index (χ3n) is 4.37. The van der Waals surface area contributed by atoms with Crippen molar-refractivity contribution in [2.75, 3.05) is 18.8 Å². The summed E-state index contributed by atoms with van der Waals surface area (Å²) in [6.07, 6.45) is 4.68. The normalized spacial score (nSPS) is 17.7. The highest BCUT2D eigenvalue weighted by molar-refractivity contribution is 7.99.